The minimum absolute atomic E-state index is 0.0114. The summed E-state index contributed by atoms with van der Waals surface area (Å²) in [7, 11) is 1.69. The Labute approximate surface area is 276 Å². The molecule has 0 unspecified atom stereocenters. The van der Waals surface area contributed by atoms with Gasteiger partial charge in [-0.1, -0.05) is 36.4 Å². The summed E-state index contributed by atoms with van der Waals surface area (Å²) in [5, 5.41) is 5.60. The number of aryl methyl sites for hydroxylation is 2. The molecule has 0 aliphatic carbocycles. The third-order valence-corrected chi connectivity index (χ3v) is 9.65. The second-order valence-corrected chi connectivity index (χ2v) is 12.9. The van der Waals surface area contributed by atoms with E-state index in [1.54, 1.807) is 14.0 Å². The third-order valence-electron chi connectivity index (χ3n) is 9.65. The first-order valence-corrected chi connectivity index (χ1v) is 16.4. The van der Waals surface area contributed by atoms with Crippen LogP contribution in [0.15, 0.2) is 73.1 Å². The molecule has 3 N–H and O–H groups in total. The maximum absolute atomic E-state index is 13.6. The van der Waals surface area contributed by atoms with Crippen LogP contribution < -0.4 is 10.1 Å². The highest BCUT2D eigenvalue weighted by atomic mass is 16.5. The number of aromatic amines is 2. The average Bonchev–Trinajstić information content (AvgIpc) is 3.67. The maximum atomic E-state index is 13.6. The van der Waals surface area contributed by atoms with Gasteiger partial charge >= 0.3 is 0 Å². The number of benzene rings is 3. The predicted octanol–water partition coefficient (Wildman–Crippen LogP) is 6.45. The van der Waals surface area contributed by atoms with Crippen molar-refractivity contribution in [3.8, 4) is 5.75 Å². The van der Waals surface area contributed by atoms with Gasteiger partial charge in [0.1, 0.15) is 5.75 Å². The zero-order chi connectivity index (χ0) is 33.1. The molecular weight excluding hydrogens is 586 g/mol. The number of nitrogens with one attached hydrogen (secondary N) is 3. The lowest BCUT2D eigenvalue weighted by atomic mass is 9.98. The van der Waals surface area contributed by atoms with Crippen molar-refractivity contribution in [1.29, 1.82) is 0 Å². The molecule has 5 aromatic rings. The number of aromatic nitrogens is 2. The molecule has 2 amide bonds. The Bertz CT molecular complexity index is 1930. The summed E-state index contributed by atoms with van der Waals surface area (Å²) in [5.74, 6) is 0.791. The van der Waals surface area contributed by atoms with Crippen molar-refractivity contribution in [2.24, 2.45) is 0 Å². The number of ether oxygens (including phenoxy) is 1. The second kappa shape index (κ2) is 13.9. The highest BCUT2D eigenvalue weighted by Gasteiger charge is 2.23. The van der Waals surface area contributed by atoms with Gasteiger partial charge in [-0.2, -0.15) is 0 Å². The zero-order valence-corrected chi connectivity index (χ0v) is 28.1. The molecule has 0 spiro atoms. The summed E-state index contributed by atoms with van der Waals surface area (Å²) in [6.45, 7) is 10.7. The summed E-state index contributed by atoms with van der Waals surface area (Å²) < 4.78 is 5.45. The fourth-order valence-electron chi connectivity index (χ4n) is 6.80. The van der Waals surface area contributed by atoms with Crippen LogP contribution in [0.1, 0.15) is 46.7 Å². The van der Waals surface area contributed by atoms with Crippen molar-refractivity contribution in [3.05, 3.63) is 106 Å². The SMILES string of the molecule is COc1ccc2[nH]cc(C3=CCN(CC(=O)N[C@H](Cc4c[nH]c5ccccc45)CN(Cc4cc(C)c(C)c(C)c4)C(C)=O)CC3)c2c1. The van der Waals surface area contributed by atoms with Gasteiger partial charge in [-0.3, -0.25) is 14.5 Å². The van der Waals surface area contributed by atoms with Gasteiger partial charge in [0.2, 0.25) is 11.8 Å². The average molecular weight is 632 g/mol. The van der Waals surface area contributed by atoms with E-state index in [9.17, 15) is 9.59 Å². The molecule has 0 fully saturated rings. The van der Waals surface area contributed by atoms with Crippen LogP contribution in [-0.2, 0) is 22.6 Å². The number of carbonyl (C=O) groups excluding carboxylic acids is 2. The van der Waals surface area contributed by atoms with E-state index in [4.69, 9.17) is 4.74 Å². The summed E-state index contributed by atoms with van der Waals surface area (Å²) in [6, 6.07) is 18.3. The van der Waals surface area contributed by atoms with Crippen LogP contribution in [0.4, 0.5) is 0 Å². The molecule has 244 valence electrons. The van der Waals surface area contributed by atoms with Crippen molar-refractivity contribution < 1.29 is 14.3 Å². The molecule has 1 aliphatic rings. The van der Waals surface area contributed by atoms with Gasteiger partial charge in [-0.15, -0.1) is 0 Å². The minimum Gasteiger partial charge on any atom is -0.497 e. The number of carbonyl (C=O) groups is 2. The topological polar surface area (TPSA) is 93.5 Å². The van der Waals surface area contributed by atoms with Crippen LogP contribution in [0.3, 0.4) is 0 Å². The molecule has 47 heavy (non-hydrogen) atoms. The van der Waals surface area contributed by atoms with Gasteiger partial charge in [0.15, 0.2) is 0 Å². The molecule has 8 heteroatoms. The van der Waals surface area contributed by atoms with E-state index in [0.717, 1.165) is 51.6 Å². The standard InChI is InChI=1S/C39H45N5O3/c1-25-16-29(17-26(2)27(25)3)22-44(28(4)45)23-32(18-31-20-40-37-9-7-6-8-34(31)37)42-39(46)24-43-14-12-30(13-15-43)36-21-41-38-11-10-33(47-5)19-35(36)38/h6-12,16-17,19-21,32,40-41H,13-15,18,22-24H2,1-5H3,(H,42,46)/t32-/m1/s1. The van der Waals surface area contributed by atoms with Gasteiger partial charge in [-0.25, -0.2) is 0 Å². The first-order chi connectivity index (χ1) is 22.7. The number of H-pyrrole nitrogens is 2. The smallest absolute Gasteiger partial charge is 0.234 e. The predicted molar refractivity (Wildman–Crippen MR) is 190 cm³/mol. The first kappa shape index (κ1) is 32.1. The van der Waals surface area contributed by atoms with Gasteiger partial charge < -0.3 is 24.9 Å². The summed E-state index contributed by atoms with van der Waals surface area (Å²) in [4.78, 5) is 37.3. The minimum atomic E-state index is -0.254. The maximum Gasteiger partial charge on any atom is 0.234 e. The van der Waals surface area contributed by atoms with Crippen molar-refractivity contribution in [2.75, 3.05) is 33.3 Å². The fraction of sp³-hybridized carbons (Fsp3) is 0.333. The summed E-state index contributed by atoms with van der Waals surface area (Å²) in [5.41, 5.74) is 10.5. The largest absolute Gasteiger partial charge is 0.497 e. The second-order valence-electron chi connectivity index (χ2n) is 12.9. The highest BCUT2D eigenvalue weighted by molar-refractivity contribution is 5.93. The Morgan fingerprint density at radius 1 is 0.979 bits per heavy atom. The van der Waals surface area contributed by atoms with Crippen LogP contribution in [-0.4, -0.2) is 70.9 Å². The van der Waals surface area contributed by atoms with E-state index < -0.39 is 0 Å². The van der Waals surface area contributed by atoms with Gasteiger partial charge in [0, 0.05) is 72.9 Å². The number of amides is 2. The summed E-state index contributed by atoms with van der Waals surface area (Å²) >= 11 is 0. The Hall–Kier alpha value is -4.82. The lowest BCUT2D eigenvalue weighted by Crippen LogP contribution is -2.49. The van der Waals surface area contributed by atoms with Crippen molar-refractivity contribution >= 4 is 39.2 Å². The van der Waals surface area contributed by atoms with Gasteiger partial charge in [0.25, 0.3) is 0 Å². The quantitative estimate of drug-likeness (QED) is 0.156. The zero-order valence-electron chi connectivity index (χ0n) is 28.1. The molecule has 0 saturated carbocycles. The molecule has 1 atom stereocenters. The van der Waals surface area contributed by atoms with Crippen LogP contribution in [0.25, 0.3) is 27.4 Å². The van der Waals surface area contributed by atoms with E-state index in [1.165, 1.54) is 27.8 Å². The molecule has 6 rings (SSSR count). The lowest BCUT2D eigenvalue weighted by Gasteiger charge is -2.30. The van der Waals surface area contributed by atoms with E-state index in [2.05, 4.69) is 83.6 Å². The molecule has 0 radical (unpaired) electrons. The number of nitrogens with zero attached hydrogens (tertiary/aromatic N) is 2. The summed E-state index contributed by atoms with van der Waals surface area (Å²) in [6.07, 6.45) is 7.77. The van der Waals surface area contributed by atoms with Crippen LogP contribution in [0, 0.1) is 20.8 Å². The number of fused-ring (bicyclic) bond motifs is 2. The molecule has 3 aromatic carbocycles. The Morgan fingerprint density at radius 2 is 1.72 bits per heavy atom. The Kier molecular flexibility index (Phi) is 9.50. The van der Waals surface area contributed by atoms with Crippen LogP contribution in [0.2, 0.25) is 0 Å². The van der Waals surface area contributed by atoms with E-state index in [0.29, 0.717) is 32.6 Å². The van der Waals surface area contributed by atoms with Gasteiger partial charge in [0.05, 0.1) is 19.7 Å². The van der Waals surface area contributed by atoms with Crippen molar-refractivity contribution in [2.45, 2.75) is 53.1 Å². The molecule has 2 aromatic heterocycles. The molecule has 3 heterocycles. The number of hydrogen-bond acceptors (Lipinski definition) is 4. The van der Waals surface area contributed by atoms with E-state index >= 15 is 0 Å². The number of methoxy groups -OCH3 is 1. The Balaban J connectivity index is 1.16. The molecule has 1 aliphatic heterocycles. The lowest BCUT2D eigenvalue weighted by molar-refractivity contribution is -0.131. The van der Waals surface area contributed by atoms with E-state index in [1.807, 2.05) is 35.4 Å². The van der Waals surface area contributed by atoms with Crippen LogP contribution >= 0.6 is 0 Å². The molecule has 8 nitrogen and oxygen atoms in total. The molecular formula is C39H45N5O3. The Morgan fingerprint density at radius 3 is 2.45 bits per heavy atom. The normalized spacial score (nSPS) is 14.3. The fourth-order valence-corrected chi connectivity index (χ4v) is 6.80. The highest BCUT2D eigenvalue weighted by Crippen LogP contribution is 2.31. The van der Waals surface area contributed by atoms with Crippen LogP contribution in [0.5, 0.6) is 5.75 Å². The van der Waals surface area contributed by atoms with Gasteiger partial charge in [-0.05, 0) is 91.3 Å². The molecule has 0 bridgehead atoms. The monoisotopic (exact) mass is 631 g/mol. The van der Waals surface area contributed by atoms with E-state index in [-0.39, 0.29) is 17.9 Å². The number of hydrogen-bond donors (Lipinski definition) is 3. The molecule has 0 saturated heterocycles. The van der Waals surface area contributed by atoms with Crippen molar-refractivity contribution in [3.63, 3.8) is 0 Å². The number of para-hydroxylation sites is 1. The number of rotatable bonds is 11. The van der Waals surface area contributed by atoms with Crippen molar-refractivity contribution in [1.82, 2.24) is 25.1 Å². The third kappa shape index (κ3) is 7.28. The first-order valence-electron chi connectivity index (χ1n) is 16.4.